The van der Waals surface area contributed by atoms with E-state index in [1.165, 1.54) is 19.3 Å². The second-order valence-electron chi connectivity index (χ2n) is 2.88. The maximum absolute atomic E-state index is 4.20. The lowest BCUT2D eigenvalue weighted by Crippen LogP contribution is -2.28. The van der Waals surface area contributed by atoms with E-state index < -0.39 is 0 Å². The number of aliphatic imine (C=N–C) groups is 1. The molecule has 49 valence electrons. The molecule has 1 fully saturated rings. The summed E-state index contributed by atoms with van der Waals surface area (Å²) >= 11 is 0. The van der Waals surface area contributed by atoms with Crippen molar-refractivity contribution in [3.8, 4) is 0 Å². The van der Waals surface area contributed by atoms with E-state index in [9.17, 15) is 0 Å². The molecule has 2 nitrogen and oxygen atoms in total. The Labute approximate surface area is 55.4 Å². The summed E-state index contributed by atoms with van der Waals surface area (Å²) in [6, 6.07) is 0.568. The van der Waals surface area contributed by atoms with Crippen molar-refractivity contribution in [3.05, 3.63) is 0 Å². The van der Waals surface area contributed by atoms with Gasteiger partial charge in [-0.2, -0.15) is 0 Å². The molecule has 1 atom stereocenters. The molecule has 0 aromatic carbocycles. The first kappa shape index (κ1) is 5.27. The molecular weight excluding hydrogens is 112 g/mol. The van der Waals surface area contributed by atoms with Gasteiger partial charge in [0.1, 0.15) is 0 Å². The van der Waals surface area contributed by atoms with E-state index in [1.54, 1.807) is 0 Å². The van der Waals surface area contributed by atoms with Crippen LogP contribution in [0.4, 0.5) is 0 Å². The molecule has 1 radical (unpaired) electrons. The molecule has 1 saturated carbocycles. The van der Waals surface area contributed by atoms with Crippen LogP contribution in [0.15, 0.2) is 4.99 Å². The molecule has 1 unspecified atom stereocenters. The zero-order chi connectivity index (χ0) is 6.10. The van der Waals surface area contributed by atoms with Crippen molar-refractivity contribution in [1.29, 1.82) is 0 Å². The van der Waals surface area contributed by atoms with Gasteiger partial charge in [0, 0.05) is 6.54 Å². The summed E-state index contributed by atoms with van der Waals surface area (Å²) in [5.41, 5.74) is 0. The number of rotatable bonds is 1. The lowest BCUT2D eigenvalue weighted by molar-refractivity contribution is 0.270. The Kier molecular flexibility index (Phi) is 1.18. The van der Waals surface area contributed by atoms with E-state index in [-0.39, 0.29) is 0 Å². The zero-order valence-electron chi connectivity index (χ0n) is 5.43. The highest BCUT2D eigenvalue weighted by Crippen LogP contribution is 2.31. The molecule has 1 heterocycles. The van der Waals surface area contributed by atoms with Gasteiger partial charge in [-0.05, 0) is 18.8 Å². The average molecular weight is 123 g/mol. The van der Waals surface area contributed by atoms with Gasteiger partial charge in [-0.3, -0.25) is 4.99 Å². The third kappa shape index (κ3) is 0.824. The number of hydrogen-bond acceptors (Lipinski definition) is 2. The van der Waals surface area contributed by atoms with E-state index in [0.29, 0.717) is 6.04 Å². The topological polar surface area (TPSA) is 24.4 Å². The van der Waals surface area contributed by atoms with Crippen LogP contribution in [-0.4, -0.2) is 18.9 Å². The van der Waals surface area contributed by atoms with E-state index in [4.69, 9.17) is 0 Å². The van der Waals surface area contributed by atoms with Gasteiger partial charge in [0.2, 0.25) is 0 Å². The van der Waals surface area contributed by atoms with Crippen LogP contribution in [0.5, 0.6) is 0 Å². The van der Waals surface area contributed by atoms with Crippen LogP contribution in [0, 0.1) is 5.92 Å². The second-order valence-corrected chi connectivity index (χ2v) is 2.88. The van der Waals surface area contributed by atoms with Gasteiger partial charge in [-0.15, -0.1) is 0 Å². The van der Waals surface area contributed by atoms with Crippen molar-refractivity contribution in [1.82, 2.24) is 5.32 Å². The highest BCUT2D eigenvalue weighted by Gasteiger charge is 2.27. The van der Waals surface area contributed by atoms with E-state index >= 15 is 0 Å². The van der Waals surface area contributed by atoms with E-state index in [2.05, 4.69) is 16.6 Å². The Hall–Kier alpha value is -0.530. The van der Waals surface area contributed by atoms with Crippen molar-refractivity contribution in [2.75, 3.05) is 6.54 Å². The molecule has 1 aliphatic carbocycles. The summed E-state index contributed by atoms with van der Waals surface area (Å²) in [6.07, 6.45) is 6.98. The van der Waals surface area contributed by atoms with Crippen LogP contribution in [0.3, 0.4) is 0 Å². The minimum Gasteiger partial charge on any atom is -0.365 e. The summed E-state index contributed by atoms with van der Waals surface area (Å²) in [5, 5.41) is 3.00. The van der Waals surface area contributed by atoms with Gasteiger partial charge in [0.15, 0.2) is 6.34 Å². The largest absolute Gasteiger partial charge is 0.365 e. The number of hydrogen-bond donors (Lipinski definition) is 1. The molecule has 0 bridgehead atoms. The minimum atomic E-state index is 0.568. The van der Waals surface area contributed by atoms with Crippen LogP contribution >= 0.6 is 0 Å². The van der Waals surface area contributed by atoms with Gasteiger partial charge in [-0.25, -0.2) is 0 Å². The molecule has 2 aliphatic rings. The smallest absolute Gasteiger partial charge is 0.164 e. The third-order valence-electron chi connectivity index (χ3n) is 2.31. The molecule has 0 aromatic rings. The average Bonchev–Trinajstić information content (AvgIpc) is 2.11. The second kappa shape index (κ2) is 2.01. The molecule has 1 aliphatic heterocycles. The van der Waals surface area contributed by atoms with Gasteiger partial charge < -0.3 is 5.32 Å². The fourth-order valence-electron chi connectivity index (χ4n) is 1.42. The maximum atomic E-state index is 4.20. The first-order chi connectivity index (χ1) is 4.47. The lowest BCUT2D eigenvalue weighted by Gasteiger charge is -2.28. The monoisotopic (exact) mass is 123 g/mol. The quantitative estimate of drug-likeness (QED) is 0.544. The molecule has 0 aromatic heterocycles. The van der Waals surface area contributed by atoms with Crippen LogP contribution in [0.2, 0.25) is 0 Å². The predicted octanol–water partition coefficient (Wildman–Crippen LogP) is 0.664. The molecule has 9 heavy (non-hydrogen) atoms. The van der Waals surface area contributed by atoms with Crippen molar-refractivity contribution in [2.45, 2.75) is 25.3 Å². The fraction of sp³-hybridized carbons (Fsp3) is 0.857. The Morgan fingerprint density at radius 2 is 2.33 bits per heavy atom. The van der Waals surface area contributed by atoms with Crippen LogP contribution in [0.1, 0.15) is 19.3 Å². The van der Waals surface area contributed by atoms with Gasteiger partial charge >= 0.3 is 0 Å². The van der Waals surface area contributed by atoms with Gasteiger partial charge in [0.05, 0.1) is 6.04 Å². The minimum absolute atomic E-state index is 0.568. The fourth-order valence-corrected chi connectivity index (χ4v) is 1.42. The van der Waals surface area contributed by atoms with Crippen LogP contribution in [0.25, 0.3) is 0 Å². The molecule has 0 amide bonds. The Morgan fingerprint density at radius 3 is 2.78 bits per heavy atom. The molecule has 0 spiro atoms. The van der Waals surface area contributed by atoms with Gasteiger partial charge in [-0.1, -0.05) is 6.42 Å². The van der Waals surface area contributed by atoms with Crippen molar-refractivity contribution in [3.63, 3.8) is 0 Å². The summed E-state index contributed by atoms with van der Waals surface area (Å²) in [6.45, 7) is 1.03. The first-order valence-corrected chi connectivity index (χ1v) is 3.64. The number of nitrogens with one attached hydrogen (secondary N) is 1. The van der Waals surface area contributed by atoms with Crippen molar-refractivity contribution in [2.24, 2.45) is 10.9 Å². The molecule has 0 saturated heterocycles. The summed E-state index contributed by atoms with van der Waals surface area (Å²) in [5.74, 6) is 0.882. The van der Waals surface area contributed by atoms with E-state index in [0.717, 1.165) is 12.5 Å². The highest BCUT2D eigenvalue weighted by molar-refractivity contribution is 5.57. The SMILES string of the molecule is [C]1=NC(C2CCC2)CN1. The third-order valence-corrected chi connectivity index (χ3v) is 2.31. The standard InChI is InChI=1S/C7H11N2/c1-2-6(3-1)7-4-8-5-9-7/h6-7H,1-4H2,(H,8,9). The Balaban J connectivity index is 1.89. The molecule has 1 N–H and O–H groups in total. The molecule has 2 heteroatoms. The van der Waals surface area contributed by atoms with Crippen molar-refractivity contribution >= 4 is 6.34 Å². The predicted molar refractivity (Wildman–Crippen MR) is 36.6 cm³/mol. The highest BCUT2D eigenvalue weighted by atomic mass is 15.1. The Morgan fingerprint density at radius 1 is 1.44 bits per heavy atom. The van der Waals surface area contributed by atoms with Crippen LogP contribution < -0.4 is 5.32 Å². The summed E-state index contributed by atoms with van der Waals surface area (Å²) in [7, 11) is 0. The number of nitrogens with zero attached hydrogens (tertiary/aromatic N) is 1. The first-order valence-electron chi connectivity index (χ1n) is 3.64. The van der Waals surface area contributed by atoms with Crippen molar-refractivity contribution < 1.29 is 0 Å². The van der Waals surface area contributed by atoms with Gasteiger partial charge in [0.25, 0.3) is 0 Å². The molecule has 2 rings (SSSR count). The normalized spacial score (nSPS) is 34.0. The van der Waals surface area contributed by atoms with Crippen LogP contribution in [-0.2, 0) is 0 Å². The maximum Gasteiger partial charge on any atom is 0.164 e. The summed E-state index contributed by atoms with van der Waals surface area (Å²) < 4.78 is 0. The zero-order valence-corrected chi connectivity index (χ0v) is 5.43. The lowest BCUT2D eigenvalue weighted by atomic mass is 9.80. The summed E-state index contributed by atoms with van der Waals surface area (Å²) in [4.78, 5) is 4.20. The van der Waals surface area contributed by atoms with E-state index in [1.807, 2.05) is 0 Å². The molecular formula is C7H11N2. The Bertz CT molecular complexity index is 127.